The van der Waals surface area contributed by atoms with Gasteiger partial charge in [0.05, 0.1) is 6.10 Å². The third-order valence-electron chi connectivity index (χ3n) is 3.48. The summed E-state index contributed by atoms with van der Waals surface area (Å²) < 4.78 is 55.3. The molecular formula is C14H16F4O2. The number of aliphatic hydroxyl groups excluding tert-OH is 1. The molecule has 0 aliphatic carbocycles. The highest BCUT2D eigenvalue weighted by Gasteiger charge is 2.37. The van der Waals surface area contributed by atoms with E-state index in [1.165, 1.54) is 12.1 Å². The quantitative estimate of drug-likeness (QED) is 0.849. The van der Waals surface area contributed by atoms with Crippen LogP contribution in [0.4, 0.5) is 17.6 Å². The van der Waals surface area contributed by atoms with E-state index in [1.54, 1.807) is 6.92 Å². The van der Waals surface area contributed by atoms with E-state index < -0.39 is 30.1 Å². The van der Waals surface area contributed by atoms with E-state index in [0.717, 1.165) is 6.07 Å². The van der Waals surface area contributed by atoms with Gasteiger partial charge in [-0.3, -0.25) is 0 Å². The van der Waals surface area contributed by atoms with Crippen LogP contribution >= 0.6 is 0 Å². The molecule has 1 aliphatic heterocycles. The molecule has 1 unspecified atom stereocenters. The first-order valence-electron chi connectivity index (χ1n) is 6.42. The molecule has 6 heteroatoms. The topological polar surface area (TPSA) is 29.5 Å². The molecule has 0 amide bonds. The van der Waals surface area contributed by atoms with E-state index >= 15 is 0 Å². The number of hydrogen-bond acceptors (Lipinski definition) is 2. The second-order valence-corrected chi connectivity index (χ2v) is 5.42. The Hall–Kier alpha value is -1.30. The van der Waals surface area contributed by atoms with Gasteiger partial charge in [0.25, 0.3) is 0 Å². The molecular weight excluding hydrogens is 276 g/mol. The maximum absolute atomic E-state index is 13.2. The molecule has 0 fully saturated rings. The predicted molar refractivity (Wildman–Crippen MR) is 64.9 cm³/mol. The fraction of sp³-hybridized carbons (Fsp3) is 0.571. The fourth-order valence-electron chi connectivity index (χ4n) is 2.51. The van der Waals surface area contributed by atoms with Crippen LogP contribution in [0.15, 0.2) is 18.2 Å². The van der Waals surface area contributed by atoms with E-state index in [-0.39, 0.29) is 25.0 Å². The number of rotatable bonds is 3. The number of ether oxygens (including phenoxy) is 1. The Morgan fingerprint density at radius 2 is 2.10 bits per heavy atom. The summed E-state index contributed by atoms with van der Waals surface area (Å²) in [7, 11) is 0. The molecule has 2 nitrogen and oxygen atoms in total. The maximum atomic E-state index is 13.2. The van der Waals surface area contributed by atoms with Gasteiger partial charge in [0.2, 0.25) is 0 Å². The van der Waals surface area contributed by atoms with Crippen molar-refractivity contribution in [2.24, 2.45) is 0 Å². The van der Waals surface area contributed by atoms with Gasteiger partial charge in [0, 0.05) is 24.5 Å². The van der Waals surface area contributed by atoms with Gasteiger partial charge in [-0.05, 0) is 31.9 Å². The molecule has 1 aromatic rings. The fourth-order valence-corrected chi connectivity index (χ4v) is 2.51. The number of alkyl halides is 3. The number of hydrogen-bond donors (Lipinski definition) is 1. The lowest BCUT2D eigenvalue weighted by atomic mass is 9.86. The van der Waals surface area contributed by atoms with E-state index in [4.69, 9.17) is 4.74 Å². The van der Waals surface area contributed by atoms with Crippen LogP contribution in [0.25, 0.3) is 0 Å². The maximum Gasteiger partial charge on any atom is 0.389 e. The van der Waals surface area contributed by atoms with Crippen molar-refractivity contribution in [3.05, 3.63) is 29.6 Å². The number of halogens is 4. The van der Waals surface area contributed by atoms with Crippen LogP contribution in [0, 0.1) is 5.82 Å². The summed E-state index contributed by atoms with van der Waals surface area (Å²) in [6, 6.07) is 3.81. The van der Waals surface area contributed by atoms with Crippen molar-refractivity contribution < 1.29 is 27.4 Å². The molecule has 0 radical (unpaired) electrons. The zero-order chi connectivity index (χ0) is 15.0. The Kier molecular flexibility index (Phi) is 3.95. The molecule has 0 bridgehead atoms. The molecule has 1 N–H and O–H groups in total. The average Bonchev–Trinajstić information content (AvgIpc) is 2.25. The molecule has 20 heavy (non-hydrogen) atoms. The van der Waals surface area contributed by atoms with Gasteiger partial charge in [-0.25, -0.2) is 4.39 Å². The van der Waals surface area contributed by atoms with Crippen molar-refractivity contribution in [3.8, 4) is 5.75 Å². The molecule has 112 valence electrons. The monoisotopic (exact) mass is 292 g/mol. The third kappa shape index (κ3) is 3.62. The molecule has 1 heterocycles. The van der Waals surface area contributed by atoms with E-state index in [2.05, 4.69) is 0 Å². The zero-order valence-electron chi connectivity index (χ0n) is 11.0. The van der Waals surface area contributed by atoms with Gasteiger partial charge in [-0.1, -0.05) is 0 Å². The molecule has 2 rings (SSSR count). The van der Waals surface area contributed by atoms with Crippen molar-refractivity contribution in [2.75, 3.05) is 0 Å². The standard InChI is InChI=1S/C14H16F4O2/c1-13(5-2-6-14(16,17)18)8-11(19)10-4-3-9(15)7-12(10)20-13/h3-4,7,11,19H,2,5-6,8H2,1H3/t11-,13?/m1/s1. The van der Waals surface area contributed by atoms with Gasteiger partial charge in [0.15, 0.2) is 0 Å². The Bertz CT molecular complexity index is 487. The Morgan fingerprint density at radius 3 is 2.75 bits per heavy atom. The summed E-state index contributed by atoms with van der Waals surface area (Å²) in [6.45, 7) is 1.64. The van der Waals surface area contributed by atoms with Crippen molar-refractivity contribution in [1.82, 2.24) is 0 Å². The smallest absolute Gasteiger partial charge is 0.389 e. The summed E-state index contributed by atoms with van der Waals surface area (Å²) >= 11 is 0. The van der Waals surface area contributed by atoms with E-state index in [9.17, 15) is 22.7 Å². The van der Waals surface area contributed by atoms with Crippen molar-refractivity contribution in [2.45, 2.75) is 50.5 Å². The molecule has 2 atom stereocenters. The van der Waals surface area contributed by atoms with Gasteiger partial charge >= 0.3 is 6.18 Å². The Morgan fingerprint density at radius 1 is 1.40 bits per heavy atom. The van der Waals surface area contributed by atoms with Gasteiger partial charge in [-0.15, -0.1) is 0 Å². The second kappa shape index (κ2) is 5.24. The van der Waals surface area contributed by atoms with Crippen LogP contribution < -0.4 is 4.74 Å². The summed E-state index contributed by atoms with van der Waals surface area (Å²) in [5, 5.41) is 10.0. The number of benzene rings is 1. The molecule has 1 aromatic carbocycles. The zero-order valence-corrected chi connectivity index (χ0v) is 11.0. The molecule has 0 aromatic heterocycles. The highest BCUT2D eigenvalue weighted by Crippen LogP contribution is 2.42. The van der Waals surface area contributed by atoms with E-state index in [1.807, 2.05) is 0 Å². The van der Waals surface area contributed by atoms with Crippen molar-refractivity contribution in [1.29, 1.82) is 0 Å². The SMILES string of the molecule is CC1(CCCC(F)(F)F)C[C@@H](O)c2ccc(F)cc2O1. The minimum absolute atomic E-state index is 0.0859. The third-order valence-corrected chi connectivity index (χ3v) is 3.48. The lowest BCUT2D eigenvalue weighted by Crippen LogP contribution is -2.38. The Labute approximate surface area is 114 Å². The van der Waals surface area contributed by atoms with Crippen molar-refractivity contribution >= 4 is 0 Å². The van der Waals surface area contributed by atoms with Gasteiger partial charge < -0.3 is 9.84 Å². The molecule has 0 saturated carbocycles. The summed E-state index contributed by atoms with van der Waals surface area (Å²) in [5.41, 5.74) is -0.439. The van der Waals surface area contributed by atoms with Crippen LogP contribution in [0.2, 0.25) is 0 Å². The highest BCUT2D eigenvalue weighted by molar-refractivity contribution is 5.38. The van der Waals surface area contributed by atoms with Crippen molar-refractivity contribution in [3.63, 3.8) is 0 Å². The van der Waals surface area contributed by atoms with Crippen LogP contribution in [-0.2, 0) is 0 Å². The minimum Gasteiger partial charge on any atom is -0.487 e. The lowest BCUT2D eigenvalue weighted by Gasteiger charge is -2.38. The second-order valence-electron chi connectivity index (χ2n) is 5.42. The first kappa shape index (κ1) is 15.1. The lowest BCUT2D eigenvalue weighted by molar-refractivity contribution is -0.138. The predicted octanol–water partition coefficient (Wildman–Crippen LogP) is 4.13. The summed E-state index contributed by atoms with van der Waals surface area (Å²) in [5.74, 6) is -0.297. The van der Waals surface area contributed by atoms with Crippen LogP contribution in [0.3, 0.4) is 0 Å². The molecule has 0 saturated heterocycles. The van der Waals surface area contributed by atoms with Crippen LogP contribution in [-0.4, -0.2) is 16.9 Å². The first-order chi connectivity index (χ1) is 9.19. The highest BCUT2D eigenvalue weighted by atomic mass is 19.4. The van der Waals surface area contributed by atoms with Gasteiger partial charge in [-0.2, -0.15) is 13.2 Å². The van der Waals surface area contributed by atoms with Gasteiger partial charge in [0.1, 0.15) is 17.2 Å². The number of aliphatic hydroxyl groups is 1. The molecule has 1 aliphatic rings. The normalized spacial score (nSPS) is 26.0. The summed E-state index contributed by atoms with van der Waals surface area (Å²) in [6.07, 6.45) is -5.68. The van der Waals surface area contributed by atoms with Crippen LogP contribution in [0.1, 0.15) is 44.3 Å². The van der Waals surface area contributed by atoms with Crippen LogP contribution in [0.5, 0.6) is 5.75 Å². The number of fused-ring (bicyclic) bond motifs is 1. The molecule has 0 spiro atoms. The largest absolute Gasteiger partial charge is 0.487 e. The Balaban J connectivity index is 2.08. The van der Waals surface area contributed by atoms with E-state index in [0.29, 0.717) is 5.56 Å². The first-order valence-corrected chi connectivity index (χ1v) is 6.42. The summed E-state index contributed by atoms with van der Waals surface area (Å²) in [4.78, 5) is 0. The average molecular weight is 292 g/mol. The minimum atomic E-state index is -4.20.